The Labute approximate surface area is 148 Å². The van der Waals surface area contributed by atoms with Gasteiger partial charge in [0.25, 0.3) is 0 Å². The Kier molecular flexibility index (Phi) is 6.72. The number of anilines is 1. The number of benzene rings is 2. The van der Waals surface area contributed by atoms with E-state index in [2.05, 4.69) is 13.2 Å². The quantitative estimate of drug-likeness (QED) is 0.575. The van der Waals surface area contributed by atoms with Gasteiger partial charge in [-0.25, -0.2) is 0 Å². The summed E-state index contributed by atoms with van der Waals surface area (Å²) in [6, 6.07) is 18.8. The Morgan fingerprint density at radius 3 is 1.84 bits per heavy atom. The fourth-order valence-corrected chi connectivity index (χ4v) is 2.46. The van der Waals surface area contributed by atoms with Gasteiger partial charge < -0.3 is 4.90 Å². The first-order chi connectivity index (χ1) is 12.2. The van der Waals surface area contributed by atoms with Crippen molar-refractivity contribution in [1.29, 1.82) is 0 Å². The number of para-hydroxylation sites is 1. The number of nitrogens with zero attached hydrogens (tertiary/aromatic N) is 2. The van der Waals surface area contributed by atoms with E-state index in [-0.39, 0.29) is 0 Å². The molecule has 0 unspecified atom stereocenters. The van der Waals surface area contributed by atoms with Crippen LogP contribution < -0.4 is 4.90 Å². The summed E-state index contributed by atoms with van der Waals surface area (Å²) in [6.07, 6.45) is 3.19. The van der Waals surface area contributed by atoms with Gasteiger partial charge in [-0.3, -0.25) is 14.5 Å². The number of amides is 2. The summed E-state index contributed by atoms with van der Waals surface area (Å²) in [5.41, 5.74) is 1.63. The molecule has 0 saturated heterocycles. The maximum Gasteiger partial charge on any atom is 0.316 e. The van der Waals surface area contributed by atoms with Crippen LogP contribution in [-0.2, 0) is 16.1 Å². The minimum absolute atomic E-state index is 0.296. The normalized spacial score (nSPS) is 9.92. The van der Waals surface area contributed by atoms with Gasteiger partial charge in [0, 0.05) is 18.8 Å². The van der Waals surface area contributed by atoms with E-state index in [0.717, 1.165) is 5.56 Å². The molecule has 0 spiro atoms. The molecule has 0 radical (unpaired) electrons. The van der Waals surface area contributed by atoms with Crippen LogP contribution in [0.3, 0.4) is 0 Å². The number of hydrogen-bond donors (Lipinski definition) is 0. The van der Waals surface area contributed by atoms with E-state index in [4.69, 9.17) is 0 Å². The molecule has 128 valence electrons. The highest BCUT2D eigenvalue weighted by Gasteiger charge is 2.27. The molecular weight excluding hydrogens is 312 g/mol. The van der Waals surface area contributed by atoms with Crippen molar-refractivity contribution in [2.75, 3.05) is 18.0 Å². The van der Waals surface area contributed by atoms with Crippen LogP contribution in [0.15, 0.2) is 86.0 Å². The molecule has 0 heterocycles. The smallest absolute Gasteiger partial charge is 0.316 e. The molecule has 2 aromatic rings. The van der Waals surface area contributed by atoms with Crippen LogP contribution in [0.25, 0.3) is 0 Å². The van der Waals surface area contributed by atoms with Gasteiger partial charge in [0.1, 0.15) is 0 Å². The molecule has 0 atom stereocenters. The standard InChI is InChI=1S/C21H22N2O2/c1-3-15-22(16-4-2)20(24)21(25)23(19-13-9-6-10-14-19)17-18-11-7-5-8-12-18/h3-14H,1-2,15-17H2. The van der Waals surface area contributed by atoms with E-state index in [1.165, 1.54) is 9.80 Å². The molecule has 0 aliphatic rings. The molecule has 2 aromatic carbocycles. The van der Waals surface area contributed by atoms with Crippen molar-refractivity contribution < 1.29 is 9.59 Å². The molecule has 2 amide bonds. The van der Waals surface area contributed by atoms with E-state index in [9.17, 15) is 9.59 Å². The van der Waals surface area contributed by atoms with Crippen LogP contribution in [0.4, 0.5) is 5.69 Å². The van der Waals surface area contributed by atoms with Crippen LogP contribution in [-0.4, -0.2) is 29.8 Å². The van der Waals surface area contributed by atoms with E-state index < -0.39 is 11.8 Å². The molecule has 0 fully saturated rings. The third-order valence-corrected chi connectivity index (χ3v) is 3.67. The fraction of sp³-hybridized carbons (Fsp3) is 0.143. The van der Waals surface area contributed by atoms with Gasteiger partial charge in [0.15, 0.2) is 0 Å². The van der Waals surface area contributed by atoms with Gasteiger partial charge in [-0.15, -0.1) is 13.2 Å². The highest BCUT2D eigenvalue weighted by Crippen LogP contribution is 2.18. The lowest BCUT2D eigenvalue weighted by molar-refractivity contribution is -0.143. The van der Waals surface area contributed by atoms with Crippen LogP contribution in [0, 0.1) is 0 Å². The Hall–Kier alpha value is -3.14. The zero-order valence-corrected chi connectivity index (χ0v) is 14.2. The van der Waals surface area contributed by atoms with Crippen molar-refractivity contribution in [3.63, 3.8) is 0 Å². The molecule has 0 aromatic heterocycles. The maximum atomic E-state index is 12.9. The first kappa shape index (κ1) is 18.2. The van der Waals surface area contributed by atoms with Crippen molar-refractivity contribution in [3.05, 3.63) is 91.5 Å². The molecule has 4 nitrogen and oxygen atoms in total. The van der Waals surface area contributed by atoms with E-state index in [1.807, 2.05) is 60.7 Å². The average molecular weight is 334 g/mol. The van der Waals surface area contributed by atoms with Crippen molar-refractivity contribution >= 4 is 17.5 Å². The second-order valence-electron chi connectivity index (χ2n) is 5.50. The van der Waals surface area contributed by atoms with Gasteiger partial charge in [-0.1, -0.05) is 60.7 Å². The summed E-state index contributed by atoms with van der Waals surface area (Å²) >= 11 is 0. The van der Waals surface area contributed by atoms with Gasteiger partial charge in [-0.2, -0.15) is 0 Å². The lowest BCUT2D eigenvalue weighted by atomic mass is 10.2. The largest absolute Gasteiger partial charge is 0.327 e. The SMILES string of the molecule is C=CCN(CC=C)C(=O)C(=O)N(Cc1ccccc1)c1ccccc1. The van der Waals surface area contributed by atoms with Gasteiger partial charge in [0.2, 0.25) is 0 Å². The Morgan fingerprint density at radius 2 is 1.32 bits per heavy atom. The highest BCUT2D eigenvalue weighted by atomic mass is 16.2. The molecule has 0 N–H and O–H groups in total. The Balaban J connectivity index is 2.30. The van der Waals surface area contributed by atoms with Crippen molar-refractivity contribution in [1.82, 2.24) is 4.90 Å². The van der Waals surface area contributed by atoms with Crippen molar-refractivity contribution in [3.8, 4) is 0 Å². The second kappa shape index (κ2) is 9.23. The predicted octanol–water partition coefficient (Wildman–Crippen LogP) is 3.42. The maximum absolute atomic E-state index is 12.9. The van der Waals surface area contributed by atoms with E-state index in [0.29, 0.717) is 25.3 Å². The zero-order chi connectivity index (χ0) is 18.1. The third-order valence-electron chi connectivity index (χ3n) is 3.67. The number of hydrogen-bond acceptors (Lipinski definition) is 2. The fourth-order valence-electron chi connectivity index (χ4n) is 2.46. The van der Waals surface area contributed by atoms with Crippen LogP contribution >= 0.6 is 0 Å². The minimum atomic E-state index is -0.571. The highest BCUT2D eigenvalue weighted by molar-refractivity contribution is 6.40. The summed E-state index contributed by atoms with van der Waals surface area (Å²) in [6.45, 7) is 8.20. The minimum Gasteiger partial charge on any atom is -0.327 e. The molecule has 4 heteroatoms. The lowest BCUT2D eigenvalue weighted by Crippen LogP contribution is -2.45. The molecule has 0 saturated carbocycles. The van der Waals surface area contributed by atoms with Gasteiger partial charge in [0.05, 0.1) is 6.54 Å². The number of carbonyl (C=O) groups excluding carboxylic acids is 2. The molecular formula is C21H22N2O2. The van der Waals surface area contributed by atoms with Crippen LogP contribution in [0.2, 0.25) is 0 Å². The van der Waals surface area contributed by atoms with Crippen LogP contribution in [0.1, 0.15) is 5.56 Å². The Morgan fingerprint density at radius 1 is 0.800 bits per heavy atom. The topological polar surface area (TPSA) is 40.6 Å². The molecule has 0 aliphatic heterocycles. The first-order valence-electron chi connectivity index (χ1n) is 8.09. The van der Waals surface area contributed by atoms with Gasteiger partial charge >= 0.3 is 11.8 Å². The zero-order valence-electron chi connectivity index (χ0n) is 14.2. The summed E-state index contributed by atoms with van der Waals surface area (Å²) in [7, 11) is 0. The number of carbonyl (C=O) groups is 2. The molecule has 0 bridgehead atoms. The first-order valence-corrected chi connectivity index (χ1v) is 8.09. The monoisotopic (exact) mass is 334 g/mol. The van der Waals surface area contributed by atoms with E-state index in [1.54, 1.807) is 12.2 Å². The predicted molar refractivity (Wildman–Crippen MR) is 101 cm³/mol. The van der Waals surface area contributed by atoms with Gasteiger partial charge in [-0.05, 0) is 17.7 Å². The lowest BCUT2D eigenvalue weighted by Gasteiger charge is -2.26. The summed E-state index contributed by atoms with van der Waals surface area (Å²) < 4.78 is 0. The Bertz CT molecular complexity index is 716. The van der Waals surface area contributed by atoms with Crippen LogP contribution in [0.5, 0.6) is 0 Å². The molecule has 0 aliphatic carbocycles. The van der Waals surface area contributed by atoms with Crippen molar-refractivity contribution in [2.45, 2.75) is 6.54 Å². The summed E-state index contributed by atoms with van der Waals surface area (Å²) in [5, 5.41) is 0. The van der Waals surface area contributed by atoms with Crippen molar-refractivity contribution in [2.24, 2.45) is 0 Å². The summed E-state index contributed by atoms with van der Waals surface area (Å²) in [4.78, 5) is 28.5. The van der Waals surface area contributed by atoms with E-state index >= 15 is 0 Å². The third kappa shape index (κ3) is 4.91. The summed E-state index contributed by atoms with van der Waals surface area (Å²) in [5.74, 6) is -1.14. The molecule has 2 rings (SSSR count). The number of rotatable bonds is 7. The second-order valence-corrected chi connectivity index (χ2v) is 5.50. The molecule has 25 heavy (non-hydrogen) atoms. The average Bonchev–Trinajstić information content (AvgIpc) is 2.66.